The molecule has 0 radical (unpaired) electrons. The number of carbonyl (C=O) groups excluding carboxylic acids is 1. The minimum absolute atomic E-state index is 0.283. The van der Waals surface area contributed by atoms with E-state index in [1.165, 1.54) is 0 Å². The van der Waals surface area contributed by atoms with Crippen LogP contribution in [-0.2, 0) is 35.4 Å². The first kappa shape index (κ1) is 14.8. The lowest BCUT2D eigenvalue weighted by Crippen LogP contribution is -2.13. The Hall–Kier alpha value is -2.09. The van der Waals surface area contributed by atoms with Crippen LogP contribution in [0.3, 0.4) is 0 Å². The molecule has 2 aromatic rings. The number of hydrogen-bond donors (Lipinski definition) is 0. The molecule has 1 unspecified atom stereocenters. The van der Waals surface area contributed by atoms with Gasteiger partial charge in [-0.05, 0) is 25.3 Å². The van der Waals surface area contributed by atoms with E-state index in [1.807, 2.05) is 0 Å². The van der Waals surface area contributed by atoms with E-state index >= 15 is 0 Å². The molecule has 22 heavy (non-hydrogen) atoms. The fourth-order valence-electron chi connectivity index (χ4n) is 2.64. The minimum Gasteiger partial charge on any atom is -0.461 e. The van der Waals surface area contributed by atoms with Crippen LogP contribution in [0.4, 0.5) is 0 Å². The van der Waals surface area contributed by atoms with Crippen molar-refractivity contribution >= 4 is 16.8 Å². The van der Waals surface area contributed by atoms with Crippen molar-refractivity contribution in [2.24, 2.45) is 7.05 Å². The smallest absolute Gasteiger partial charge is 0.359 e. The van der Waals surface area contributed by atoms with Crippen LogP contribution in [0.1, 0.15) is 28.5 Å². The third kappa shape index (κ3) is 2.33. The zero-order chi connectivity index (χ0) is 15.9. The summed E-state index contributed by atoms with van der Waals surface area (Å²) in [5, 5.41) is 4.57. The molecule has 7 nitrogen and oxygen atoms in total. The molecule has 2 aromatic heterocycles. The van der Waals surface area contributed by atoms with E-state index in [9.17, 15) is 9.00 Å². The van der Waals surface area contributed by atoms with Crippen LogP contribution >= 0.6 is 0 Å². The molecule has 0 bridgehead atoms. The zero-order valence-corrected chi connectivity index (χ0v) is 13.4. The normalized spacial score (nSPS) is 14.1. The molecule has 0 saturated heterocycles. The van der Waals surface area contributed by atoms with Gasteiger partial charge in [-0.15, -0.1) is 0 Å². The first-order valence-corrected chi connectivity index (χ1v) is 8.51. The lowest BCUT2D eigenvalue weighted by Gasteiger charge is -2.16. The number of hydrogen-bond acceptors (Lipinski definition) is 6. The molecule has 3 rings (SSSR count). The van der Waals surface area contributed by atoms with Gasteiger partial charge in [-0.1, -0.05) is 0 Å². The van der Waals surface area contributed by atoms with Gasteiger partial charge in [-0.2, -0.15) is 5.10 Å². The molecular formula is C14H16N4O3S. The number of aryl methyl sites for hydroxylation is 2. The minimum atomic E-state index is -1.26. The Kier molecular flexibility index (Phi) is 3.78. The summed E-state index contributed by atoms with van der Waals surface area (Å²) in [6, 6.07) is 0. The van der Waals surface area contributed by atoms with Crippen molar-refractivity contribution in [1.29, 1.82) is 0 Å². The molecule has 0 aromatic carbocycles. The van der Waals surface area contributed by atoms with Gasteiger partial charge in [-0.3, -0.25) is 8.89 Å². The van der Waals surface area contributed by atoms with Gasteiger partial charge in [0.2, 0.25) is 5.16 Å². The molecule has 0 N–H and O–H groups in total. The van der Waals surface area contributed by atoms with E-state index < -0.39 is 16.8 Å². The SMILES string of the molecule is CCOC(=O)c1nn(C)c2c1CCc1cnc(S(C)=O)nc1-2. The van der Waals surface area contributed by atoms with E-state index in [0.29, 0.717) is 24.4 Å². The average Bonchev–Trinajstić information content (AvgIpc) is 2.84. The number of aromatic nitrogens is 4. The van der Waals surface area contributed by atoms with Gasteiger partial charge in [-0.25, -0.2) is 14.8 Å². The molecule has 1 aliphatic carbocycles. The predicted octanol–water partition coefficient (Wildman–Crippen LogP) is 0.890. The standard InChI is InChI=1S/C14H16N4O3S/c1-4-21-13(19)11-9-6-5-8-7-15-14(22(3)20)16-10(8)12(9)18(2)17-11/h7H,4-6H2,1-3H3. The number of fused-ring (bicyclic) bond motifs is 3. The van der Waals surface area contributed by atoms with Crippen LogP contribution in [0, 0.1) is 0 Å². The number of rotatable bonds is 3. The van der Waals surface area contributed by atoms with Crippen LogP contribution in [0.25, 0.3) is 11.4 Å². The van der Waals surface area contributed by atoms with Gasteiger partial charge < -0.3 is 4.74 Å². The molecule has 0 saturated carbocycles. The highest BCUT2D eigenvalue weighted by atomic mass is 32.2. The van der Waals surface area contributed by atoms with E-state index in [1.54, 1.807) is 31.1 Å². The average molecular weight is 320 g/mol. The topological polar surface area (TPSA) is 87.0 Å². The maximum Gasteiger partial charge on any atom is 0.359 e. The first-order valence-electron chi connectivity index (χ1n) is 6.95. The van der Waals surface area contributed by atoms with Gasteiger partial charge in [0.25, 0.3) is 0 Å². The van der Waals surface area contributed by atoms with Crippen LogP contribution in [0.5, 0.6) is 0 Å². The Labute approximate surface area is 130 Å². The van der Waals surface area contributed by atoms with Crippen molar-refractivity contribution in [1.82, 2.24) is 19.7 Å². The molecule has 1 aliphatic rings. The molecule has 0 aliphatic heterocycles. The van der Waals surface area contributed by atoms with E-state index in [-0.39, 0.29) is 5.16 Å². The van der Waals surface area contributed by atoms with Gasteiger partial charge in [0.1, 0.15) is 0 Å². The van der Waals surface area contributed by atoms with E-state index in [4.69, 9.17) is 4.74 Å². The summed E-state index contributed by atoms with van der Waals surface area (Å²) in [7, 11) is 0.506. The molecule has 116 valence electrons. The van der Waals surface area contributed by atoms with Crippen LogP contribution < -0.4 is 0 Å². The third-order valence-corrected chi connectivity index (χ3v) is 4.29. The quantitative estimate of drug-likeness (QED) is 0.616. The molecular weight excluding hydrogens is 304 g/mol. The van der Waals surface area contributed by atoms with Gasteiger partial charge in [0.05, 0.1) is 28.8 Å². The fourth-order valence-corrected chi connectivity index (χ4v) is 3.06. The maximum absolute atomic E-state index is 12.0. The summed E-state index contributed by atoms with van der Waals surface area (Å²) in [6.45, 7) is 2.07. The molecule has 0 fully saturated rings. The van der Waals surface area contributed by atoms with Crippen LogP contribution in [0.15, 0.2) is 11.4 Å². The van der Waals surface area contributed by atoms with Gasteiger partial charge in [0, 0.05) is 25.1 Å². The van der Waals surface area contributed by atoms with Crippen molar-refractivity contribution in [3.8, 4) is 11.4 Å². The highest BCUT2D eigenvalue weighted by molar-refractivity contribution is 7.84. The summed E-state index contributed by atoms with van der Waals surface area (Å²) in [5.41, 5.74) is 3.62. The summed E-state index contributed by atoms with van der Waals surface area (Å²) in [5.74, 6) is -0.420. The fraction of sp³-hybridized carbons (Fsp3) is 0.429. The molecule has 2 heterocycles. The summed E-state index contributed by atoms with van der Waals surface area (Å²) < 4.78 is 18.3. The largest absolute Gasteiger partial charge is 0.461 e. The Balaban J connectivity index is 2.16. The Bertz CT molecular complexity index is 785. The summed E-state index contributed by atoms with van der Waals surface area (Å²) >= 11 is 0. The van der Waals surface area contributed by atoms with Crippen molar-refractivity contribution in [2.75, 3.05) is 12.9 Å². The van der Waals surface area contributed by atoms with E-state index in [2.05, 4.69) is 15.1 Å². The second-order valence-electron chi connectivity index (χ2n) is 5.00. The number of ether oxygens (including phenoxy) is 1. The van der Waals surface area contributed by atoms with E-state index in [0.717, 1.165) is 23.2 Å². The predicted molar refractivity (Wildman–Crippen MR) is 79.9 cm³/mol. The van der Waals surface area contributed by atoms with Crippen LogP contribution in [0.2, 0.25) is 0 Å². The second-order valence-corrected chi connectivity index (χ2v) is 6.27. The Morgan fingerprint density at radius 2 is 2.23 bits per heavy atom. The van der Waals surface area contributed by atoms with Crippen molar-refractivity contribution in [2.45, 2.75) is 24.9 Å². The molecule has 8 heteroatoms. The maximum atomic E-state index is 12.0. The molecule has 0 spiro atoms. The Morgan fingerprint density at radius 3 is 2.91 bits per heavy atom. The van der Waals surface area contributed by atoms with Crippen molar-refractivity contribution < 1.29 is 13.7 Å². The van der Waals surface area contributed by atoms with Crippen LogP contribution in [-0.4, -0.2) is 42.8 Å². The Morgan fingerprint density at radius 1 is 1.45 bits per heavy atom. The number of carbonyl (C=O) groups is 1. The third-order valence-electron chi connectivity index (χ3n) is 3.58. The number of nitrogens with zero attached hydrogens (tertiary/aromatic N) is 4. The second kappa shape index (κ2) is 5.60. The first-order chi connectivity index (χ1) is 10.5. The lowest BCUT2D eigenvalue weighted by atomic mass is 9.93. The monoisotopic (exact) mass is 320 g/mol. The highest BCUT2D eigenvalue weighted by Crippen LogP contribution is 2.33. The summed E-state index contributed by atoms with van der Waals surface area (Å²) in [4.78, 5) is 20.6. The molecule has 0 amide bonds. The summed E-state index contributed by atoms with van der Waals surface area (Å²) in [6.07, 6.45) is 4.65. The van der Waals surface area contributed by atoms with Crippen molar-refractivity contribution in [3.63, 3.8) is 0 Å². The van der Waals surface area contributed by atoms with Crippen molar-refractivity contribution in [3.05, 3.63) is 23.0 Å². The zero-order valence-electron chi connectivity index (χ0n) is 12.6. The van der Waals surface area contributed by atoms with Gasteiger partial charge >= 0.3 is 5.97 Å². The highest BCUT2D eigenvalue weighted by Gasteiger charge is 2.29. The molecule has 1 atom stereocenters. The lowest BCUT2D eigenvalue weighted by molar-refractivity contribution is 0.0517. The van der Waals surface area contributed by atoms with Gasteiger partial charge in [0.15, 0.2) is 5.69 Å². The number of esters is 1.